The van der Waals surface area contributed by atoms with Crippen molar-refractivity contribution in [1.82, 2.24) is 0 Å². The molecule has 33 heavy (non-hydrogen) atoms. The summed E-state index contributed by atoms with van der Waals surface area (Å²) in [7, 11) is 0. The van der Waals surface area contributed by atoms with E-state index in [0.717, 1.165) is 31.6 Å². The van der Waals surface area contributed by atoms with E-state index in [2.05, 4.69) is 48.1 Å². The number of carbonyl (C=O) groups is 1. The lowest BCUT2D eigenvalue weighted by atomic mass is 9.32. The molecule has 186 valence electrons. The highest BCUT2D eigenvalue weighted by atomic mass is 16.3. The van der Waals surface area contributed by atoms with E-state index in [1.807, 2.05) is 6.92 Å². The van der Waals surface area contributed by atoms with E-state index in [4.69, 9.17) is 0 Å². The molecular weight excluding hydrogens is 404 g/mol. The Hall–Kier alpha value is -0.630. The van der Waals surface area contributed by atoms with Gasteiger partial charge in [-0.25, -0.2) is 0 Å². The monoisotopic (exact) mass is 454 g/mol. The van der Waals surface area contributed by atoms with E-state index >= 15 is 0 Å². The maximum atomic E-state index is 13.2. The molecule has 0 unspecified atom stereocenters. The summed E-state index contributed by atoms with van der Waals surface area (Å²) >= 11 is 0. The largest absolute Gasteiger partial charge is 0.393 e. The first-order chi connectivity index (χ1) is 15.3. The number of Topliss-reactive ketones (excluding diaryl/α,β-unsaturated/α-hetero) is 1. The minimum atomic E-state index is -0.160. The van der Waals surface area contributed by atoms with Crippen molar-refractivity contribution in [2.75, 3.05) is 0 Å². The van der Waals surface area contributed by atoms with Crippen LogP contribution in [0.4, 0.5) is 0 Å². The number of aliphatic hydroxyl groups is 1. The highest BCUT2D eigenvalue weighted by Gasteiger charge is 2.71. The van der Waals surface area contributed by atoms with Crippen LogP contribution in [-0.4, -0.2) is 17.0 Å². The summed E-state index contributed by atoms with van der Waals surface area (Å²) in [5.74, 6) is 3.47. The Labute approximate surface area is 203 Å². The van der Waals surface area contributed by atoms with Crippen LogP contribution in [0.25, 0.3) is 0 Å². The molecule has 5 aliphatic carbocycles. The quantitative estimate of drug-likeness (QED) is 0.436. The van der Waals surface area contributed by atoms with E-state index in [9.17, 15) is 9.90 Å². The first-order valence-corrected chi connectivity index (χ1v) is 14.1. The van der Waals surface area contributed by atoms with Crippen LogP contribution in [0.15, 0.2) is 12.2 Å². The van der Waals surface area contributed by atoms with E-state index in [1.54, 1.807) is 0 Å². The van der Waals surface area contributed by atoms with Crippen LogP contribution < -0.4 is 0 Å². The van der Waals surface area contributed by atoms with Crippen LogP contribution >= 0.6 is 0 Å². The Kier molecular flexibility index (Phi) is 5.26. The van der Waals surface area contributed by atoms with Gasteiger partial charge in [0.15, 0.2) is 0 Å². The van der Waals surface area contributed by atoms with Crippen molar-refractivity contribution in [3.8, 4) is 0 Å². The molecule has 0 spiro atoms. The summed E-state index contributed by atoms with van der Waals surface area (Å²) in [4.78, 5) is 13.2. The van der Waals surface area contributed by atoms with E-state index in [1.165, 1.54) is 44.1 Å². The smallest absolute Gasteiger partial charge is 0.136 e. The summed E-state index contributed by atoms with van der Waals surface area (Å²) in [5.41, 5.74) is 2.19. The zero-order chi connectivity index (χ0) is 24.2. The van der Waals surface area contributed by atoms with Gasteiger partial charge in [0.25, 0.3) is 0 Å². The van der Waals surface area contributed by atoms with Gasteiger partial charge in [-0.2, -0.15) is 0 Å². The maximum absolute atomic E-state index is 13.2. The number of fused-ring (bicyclic) bond motifs is 7. The van der Waals surface area contributed by atoms with Crippen LogP contribution in [0, 0.1) is 56.7 Å². The highest BCUT2D eigenvalue weighted by molar-refractivity contribution is 5.83. The standard InChI is InChI=1S/C31H50O2/c1-19(2)21-11-16-31(20(3)32)18-17-29(7)22(26(21)31)9-10-24-28(6)14-13-25(33)27(4,5)23(28)12-15-30(24,29)8/h21-26,33H,1,9-18H2,2-8H3/t21-,22+,23-,24+,25-,26+,28-,29+,30+,31+/m0/s1. The summed E-state index contributed by atoms with van der Waals surface area (Å²) in [6.07, 6.45) is 11.7. The van der Waals surface area contributed by atoms with Crippen LogP contribution in [0.5, 0.6) is 0 Å². The Morgan fingerprint density at radius 1 is 0.788 bits per heavy atom. The molecule has 0 aliphatic heterocycles. The SMILES string of the molecule is C=C(C)[C@@H]1CC[C@]2(C(C)=O)CC[C@]3(C)[C@H](CC[C@@H]4[C@@]5(C)CC[C@H](O)C(C)(C)[C@@H]5CC[C@]43C)[C@@H]12. The van der Waals surface area contributed by atoms with Crippen molar-refractivity contribution in [3.63, 3.8) is 0 Å². The molecule has 5 rings (SSSR count). The topological polar surface area (TPSA) is 37.3 Å². The van der Waals surface area contributed by atoms with Gasteiger partial charge in [-0.3, -0.25) is 4.79 Å². The highest BCUT2D eigenvalue weighted by Crippen LogP contribution is 2.77. The molecule has 0 aromatic rings. The van der Waals surface area contributed by atoms with Gasteiger partial charge in [0.2, 0.25) is 0 Å². The average molecular weight is 455 g/mol. The zero-order valence-corrected chi connectivity index (χ0v) is 22.6. The zero-order valence-electron chi connectivity index (χ0n) is 22.6. The number of carbonyl (C=O) groups excluding carboxylic acids is 1. The van der Waals surface area contributed by atoms with Gasteiger partial charge in [-0.05, 0) is 129 Å². The van der Waals surface area contributed by atoms with E-state index < -0.39 is 0 Å². The summed E-state index contributed by atoms with van der Waals surface area (Å²) < 4.78 is 0. The summed E-state index contributed by atoms with van der Waals surface area (Å²) in [6, 6.07) is 0. The Balaban J connectivity index is 1.57. The molecule has 2 heteroatoms. The molecule has 5 aliphatic rings. The van der Waals surface area contributed by atoms with Crippen LogP contribution in [0.3, 0.4) is 0 Å². The lowest BCUT2D eigenvalue weighted by molar-refractivity contribution is -0.246. The molecule has 0 radical (unpaired) electrons. The van der Waals surface area contributed by atoms with Crippen molar-refractivity contribution in [1.29, 1.82) is 0 Å². The molecule has 0 heterocycles. The van der Waals surface area contributed by atoms with Gasteiger partial charge in [-0.1, -0.05) is 46.8 Å². The number of hydrogen-bond acceptors (Lipinski definition) is 2. The lowest BCUT2D eigenvalue weighted by Crippen LogP contribution is -2.67. The molecular formula is C31H50O2. The lowest BCUT2D eigenvalue weighted by Gasteiger charge is -2.72. The first kappa shape index (κ1) is 24.1. The number of ketones is 1. The van der Waals surface area contributed by atoms with Crippen LogP contribution in [-0.2, 0) is 4.79 Å². The fourth-order valence-corrected chi connectivity index (χ4v) is 11.7. The number of allylic oxidation sites excluding steroid dienone is 1. The summed E-state index contributed by atoms with van der Waals surface area (Å²) in [5, 5.41) is 10.9. The fraction of sp³-hybridized carbons (Fsp3) is 0.903. The molecule has 0 amide bonds. The van der Waals surface area contributed by atoms with Crippen molar-refractivity contribution < 1.29 is 9.90 Å². The Morgan fingerprint density at radius 3 is 2.12 bits per heavy atom. The molecule has 1 N–H and O–H groups in total. The molecule has 0 bridgehead atoms. The van der Waals surface area contributed by atoms with Gasteiger partial charge in [-0.15, -0.1) is 0 Å². The second-order valence-corrected chi connectivity index (χ2v) is 14.8. The van der Waals surface area contributed by atoms with Crippen molar-refractivity contribution >= 4 is 5.78 Å². The second kappa shape index (κ2) is 7.21. The minimum Gasteiger partial charge on any atom is -0.393 e. The predicted molar refractivity (Wildman–Crippen MR) is 136 cm³/mol. The summed E-state index contributed by atoms with van der Waals surface area (Å²) in [6.45, 7) is 21.1. The molecule has 5 fully saturated rings. The van der Waals surface area contributed by atoms with Gasteiger partial charge in [0.1, 0.15) is 5.78 Å². The van der Waals surface area contributed by atoms with Crippen molar-refractivity contribution in [2.45, 2.75) is 119 Å². The molecule has 0 aromatic heterocycles. The van der Waals surface area contributed by atoms with Crippen LogP contribution in [0.1, 0.15) is 113 Å². The second-order valence-electron chi connectivity index (χ2n) is 14.8. The molecule has 2 nitrogen and oxygen atoms in total. The molecule has 0 aromatic carbocycles. The van der Waals surface area contributed by atoms with E-state index in [0.29, 0.717) is 45.7 Å². The predicted octanol–water partition coefficient (Wildman–Crippen LogP) is 7.59. The first-order valence-electron chi connectivity index (χ1n) is 14.1. The van der Waals surface area contributed by atoms with Gasteiger partial charge in [0.05, 0.1) is 6.10 Å². The average Bonchev–Trinajstić information content (AvgIpc) is 3.13. The van der Waals surface area contributed by atoms with Crippen molar-refractivity contribution in [2.24, 2.45) is 56.7 Å². The van der Waals surface area contributed by atoms with Crippen LogP contribution in [0.2, 0.25) is 0 Å². The van der Waals surface area contributed by atoms with Gasteiger partial charge in [0, 0.05) is 5.41 Å². The fourth-order valence-electron chi connectivity index (χ4n) is 11.7. The van der Waals surface area contributed by atoms with Gasteiger partial charge >= 0.3 is 0 Å². The third-order valence-electron chi connectivity index (χ3n) is 13.7. The maximum Gasteiger partial charge on any atom is 0.136 e. The molecule has 0 saturated heterocycles. The van der Waals surface area contributed by atoms with E-state index in [-0.39, 0.29) is 16.9 Å². The number of aliphatic hydroxyl groups excluding tert-OH is 1. The third-order valence-corrected chi connectivity index (χ3v) is 13.7. The number of hydrogen-bond donors (Lipinski definition) is 1. The van der Waals surface area contributed by atoms with Crippen molar-refractivity contribution in [3.05, 3.63) is 12.2 Å². The van der Waals surface area contributed by atoms with Gasteiger partial charge < -0.3 is 5.11 Å². The number of rotatable bonds is 2. The molecule has 10 atom stereocenters. The normalized spacial score (nSPS) is 55.0. The Morgan fingerprint density at radius 2 is 1.48 bits per heavy atom. The molecule has 5 saturated carbocycles. The minimum absolute atomic E-state index is 0.0128. The Bertz CT molecular complexity index is 857. The third kappa shape index (κ3) is 2.80.